The van der Waals surface area contributed by atoms with Gasteiger partial charge in [-0.15, -0.1) is 0 Å². The molecule has 1 saturated carbocycles. The van der Waals surface area contributed by atoms with E-state index in [1.54, 1.807) is 4.68 Å². The highest BCUT2D eigenvalue weighted by atomic mass is 16.5. The third kappa shape index (κ3) is 4.45. The van der Waals surface area contributed by atoms with Crippen LogP contribution < -0.4 is 5.32 Å². The number of anilines is 1. The van der Waals surface area contributed by atoms with Crippen LogP contribution in [-0.4, -0.2) is 71.5 Å². The molecule has 1 aromatic rings. The van der Waals surface area contributed by atoms with Crippen molar-refractivity contribution in [2.75, 3.05) is 45.2 Å². The van der Waals surface area contributed by atoms with Crippen LogP contribution in [0.15, 0.2) is 6.07 Å². The highest BCUT2D eigenvalue weighted by Gasteiger charge is 2.30. The van der Waals surface area contributed by atoms with Crippen LogP contribution in [0.25, 0.3) is 0 Å². The van der Waals surface area contributed by atoms with Crippen LogP contribution in [0.4, 0.5) is 10.6 Å². The van der Waals surface area contributed by atoms with Crippen molar-refractivity contribution in [3.8, 4) is 0 Å². The standard InChI is InChI=1S/C16H27N5O2/c1-12-8-15(18-20(12)3)17-16(22)21(9-13-4-5-13)11-14-10-19(2)6-7-23-14/h8,13-14H,4-7,9-11H2,1-3H3,(H,17,18,22)/t14-/m0/s1. The summed E-state index contributed by atoms with van der Waals surface area (Å²) in [5.74, 6) is 1.25. The van der Waals surface area contributed by atoms with Gasteiger partial charge in [-0.3, -0.25) is 10.00 Å². The van der Waals surface area contributed by atoms with Crippen molar-refractivity contribution in [1.82, 2.24) is 19.6 Å². The molecule has 0 aromatic carbocycles. The number of nitrogens with zero attached hydrogens (tertiary/aromatic N) is 4. The predicted molar refractivity (Wildman–Crippen MR) is 88.5 cm³/mol. The van der Waals surface area contributed by atoms with Crippen LogP contribution >= 0.6 is 0 Å². The molecule has 2 heterocycles. The van der Waals surface area contributed by atoms with E-state index in [1.165, 1.54) is 12.8 Å². The van der Waals surface area contributed by atoms with Gasteiger partial charge in [-0.1, -0.05) is 0 Å². The van der Waals surface area contributed by atoms with Gasteiger partial charge in [-0.05, 0) is 32.7 Å². The number of likely N-dealkylation sites (N-methyl/N-ethyl adjacent to an activating group) is 1. The summed E-state index contributed by atoms with van der Waals surface area (Å²) in [6, 6.07) is 1.81. The molecule has 1 atom stereocenters. The summed E-state index contributed by atoms with van der Waals surface area (Å²) in [7, 11) is 3.97. The molecule has 1 N–H and O–H groups in total. The van der Waals surface area contributed by atoms with Crippen LogP contribution in [0.3, 0.4) is 0 Å². The third-order valence-corrected chi connectivity index (χ3v) is 4.58. The SMILES string of the molecule is Cc1cc(NC(=O)N(CC2CC2)C[C@@H]2CN(C)CCO2)nn1C. The lowest BCUT2D eigenvalue weighted by Gasteiger charge is -2.34. The van der Waals surface area contributed by atoms with Crippen molar-refractivity contribution in [3.05, 3.63) is 11.8 Å². The molecule has 2 amide bonds. The number of hydrogen-bond acceptors (Lipinski definition) is 4. The number of ether oxygens (including phenoxy) is 1. The normalized spacial score (nSPS) is 22.1. The second-order valence-electron chi connectivity index (χ2n) is 6.83. The third-order valence-electron chi connectivity index (χ3n) is 4.58. The fourth-order valence-corrected chi connectivity index (χ4v) is 2.89. The van der Waals surface area contributed by atoms with E-state index < -0.39 is 0 Å². The first kappa shape index (κ1) is 16.3. The Morgan fingerprint density at radius 3 is 2.83 bits per heavy atom. The summed E-state index contributed by atoms with van der Waals surface area (Å²) >= 11 is 0. The van der Waals surface area contributed by atoms with Gasteiger partial charge in [0, 0.05) is 45.0 Å². The second-order valence-corrected chi connectivity index (χ2v) is 6.83. The number of morpholine rings is 1. The fourth-order valence-electron chi connectivity index (χ4n) is 2.89. The quantitative estimate of drug-likeness (QED) is 0.888. The van der Waals surface area contributed by atoms with Gasteiger partial charge in [0.2, 0.25) is 0 Å². The maximum absolute atomic E-state index is 12.6. The number of carbonyl (C=O) groups excluding carboxylic acids is 1. The maximum Gasteiger partial charge on any atom is 0.323 e. The molecule has 0 spiro atoms. The van der Waals surface area contributed by atoms with Crippen LogP contribution in [0, 0.1) is 12.8 Å². The summed E-state index contributed by atoms with van der Waals surface area (Å²) in [5.41, 5.74) is 1.02. The molecule has 2 aliphatic rings. The number of urea groups is 1. The molecule has 1 aliphatic heterocycles. The van der Waals surface area contributed by atoms with Crippen molar-refractivity contribution in [2.45, 2.75) is 25.9 Å². The molecule has 0 bridgehead atoms. The summed E-state index contributed by atoms with van der Waals surface area (Å²) in [6.45, 7) is 5.98. The predicted octanol–water partition coefficient (Wildman–Crippen LogP) is 1.30. The van der Waals surface area contributed by atoms with Gasteiger partial charge in [0.15, 0.2) is 5.82 Å². The second kappa shape index (κ2) is 6.88. The Kier molecular flexibility index (Phi) is 4.87. The van der Waals surface area contributed by atoms with Gasteiger partial charge < -0.3 is 14.5 Å². The minimum Gasteiger partial charge on any atom is -0.374 e. The Balaban J connectivity index is 1.61. The van der Waals surface area contributed by atoms with E-state index in [4.69, 9.17) is 4.74 Å². The van der Waals surface area contributed by atoms with Crippen LogP contribution in [0.5, 0.6) is 0 Å². The zero-order valence-corrected chi connectivity index (χ0v) is 14.3. The Bertz CT molecular complexity index is 535. The lowest BCUT2D eigenvalue weighted by molar-refractivity contribution is -0.0302. The van der Waals surface area contributed by atoms with Gasteiger partial charge in [-0.25, -0.2) is 4.79 Å². The first-order chi connectivity index (χ1) is 11.0. The summed E-state index contributed by atoms with van der Waals surface area (Å²) in [5, 5.41) is 7.23. The van der Waals surface area contributed by atoms with E-state index in [1.807, 2.05) is 24.9 Å². The van der Waals surface area contributed by atoms with E-state index in [-0.39, 0.29) is 12.1 Å². The maximum atomic E-state index is 12.6. The van der Waals surface area contributed by atoms with Crippen LogP contribution in [0.2, 0.25) is 0 Å². The molecule has 1 aromatic heterocycles. The Morgan fingerprint density at radius 1 is 1.43 bits per heavy atom. The molecule has 23 heavy (non-hydrogen) atoms. The van der Waals surface area contributed by atoms with E-state index in [9.17, 15) is 4.79 Å². The largest absolute Gasteiger partial charge is 0.374 e. The number of nitrogens with one attached hydrogen (secondary N) is 1. The molecule has 1 saturated heterocycles. The average Bonchev–Trinajstić information content (AvgIpc) is 3.24. The van der Waals surface area contributed by atoms with Gasteiger partial charge in [0.25, 0.3) is 0 Å². The van der Waals surface area contributed by atoms with Crippen LogP contribution in [0.1, 0.15) is 18.5 Å². The first-order valence-electron chi connectivity index (χ1n) is 8.38. The molecule has 7 heteroatoms. The monoisotopic (exact) mass is 321 g/mol. The summed E-state index contributed by atoms with van der Waals surface area (Å²) < 4.78 is 7.59. The number of aromatic nitrogens is 2. The highest BCUT2D eigenvalue weighted by molar-refractivity contribution is 5.88. The van der Waals surface area contributed by atoms with Gasteiger partial charge >= 0.3 is 6.03 Å². The van der Waals surface area contributed by atoms with Crippen molar-refractivity contribution < 1.29 is 9.53 Å². The number of amides is 2. The molecule has 7 nitrogen and oxygen atoms in total. The first-order valence-corrected chi connectivity index (χ1v) is 8.38. The molecule has 128 valence electrons. The van der Waals surface area contributed by atoms with Crippen molar-refractivity contribution in [2.24, 2.45) is 13.0 Å². The van der Waals surface area contributed by atoms with Crippen LogP contribution in [-0.2, 0) is 11.8 Å². The highest BCUT2D eigenvalue weighted by Crippen LogP contribution is 2.30. The molecular weight excluding hydrogens is 294 g/mol. The number of hydrogen-bond donors (Lipinski definition) is 1. The summed E-state index contributed by atoms with van der Waals surface area (Å²) in [6.07, 6.45) is 2.53. The molecule has 0 unspecified atom stereocenters. The lowest BCUT2D eigenvalue weighted by atomic mass is 10.2. The van der Waals surface area contributed by atoms with Crippen molar-refractivity contribution in [3.63, 3.8) is 0 Å². The Hall–Kier alpha value is -1.60. The molecule has 1 aliphatic carbocycles. The van der Waals surface area contributed by atoms with Gasteiger partial charge in [-0.2, -0.15) is 5.10 Å². The molecule has 0 radical (unpaired) electrons. The molecular formula is C16H27N5O2. The fraction of sp³-hybridized carbons (Fsp3) is 0.750. The molecule has 2 fully saturated rings. The minimum atomic E-state index is -0.0770. The van der Waals surface area contributed by atoms with E-state index >= 15 is 0 Å². The summed E-state index contributed by atoms with van der Waals surface area (Å²) in [4.78, 5) is 16.8. The van der Waals surface area contributed by atoms with E-state index in [0.717, 1.165) is 31.9 Å². The minimum absolute atomic E-state index is 0.0770. The molecule has 3 rings (SSSR count). The van der Waals surface area contributed by atoms with Crippen molar-refractivity contribution in [1.29, 1.82) is 0 Å². The average molecular weight is 321 g/mol. The topological polar surface area (TPSA) is 62.6 Å². The smallest absolute Gasteiger partial charge is 0.323 e. The van der Waals surface area contributed by atoms with Crippen molar-refractivity contribution >= 4 is 11.8 Å². The number of rotatable bonds is 5. The van der Waals surface area contributed by atoms with Gasteiger partial charge in [0.05, 0.1) is 12.7 Å². The zero-order valence-electron chi connectivity index (χ0n) is 14.3. The zero-order chi connectivity index (χ0) is 16.4. The van der Waals surface area contributed by atoms with Gasteiger partial charge in [0.1, 0.15) is 0 Å². The van der Waals surface area contributed by atoms with E-state index in [0.29, 0.717) is 18.3 Å². The van der Waals surface area contributed by atoms with E-state index in [2.05, 4.69) is 22.4 Å². The number of aryl methyl sites for hydroxylation is 2. The lowest BCUT2D eigenvalue weighted by Crippen LogP contribution is -2.49. The Labute approximate surface area is 137 Å². The number of carbonyl (C=O) groups is 1. The Morgan fingerprint density at radius 2 is 2.22 bits per heavy atom.